The number of hydrogen-bond acceptors (Lipinski definition) is 5. The molecule has 0 fully saturated rings. The molecule has 0 aliphatic carbocycles. The molecule has 6 nitrogen and oxygen atoms in total. The zero-order valence-electron chi connectivity index (χ0n) is 17.8. The predicted octanol–water partition coefficient (Wildman–Crippen LogP) is 5.59. The maximum absolute atomic E-state index is 13.3. The molecule has 0 aliphatic heterocycles. The van der Waals surface area contributed by atoms with Gasteiger partial charge in [-0.3, -0.25) is 9.78 Å². The fourth-order valence-electron chi connectivity index (χ4n) is 3.43. The fourth-order valence-corrected chi connectivity index (χ4v) is 3.43. The quantitative estimate of drug-likeness (QED) is 0.483. The molecule has 152 valence electrons. The summed E-state index contributed by atoms with van der Waals surface area (Å²) < 4.78 is 5.48. The van der Waals surface area contributed by atoms with Crippen molar-refractivity contribution in [3.63, 3.8) is 0 Å². The molecule has 1 N–H and O–H groups in total. The van der Waals surface area contributed by atoms with Gasteiger partial charge in [-0.2, -0.15) is 4.98 Å². The van der Waals surface area contributed by atoms with E-state index in [1.165, 1.54) is 0 Å². The first-order valence-corrected chi connectivity index (χ1v) is 9.96. The number of hydrogen-bond donors (Lipinski definition) is 1. The van der Waals surface area contributed by atoms with Crippen LogP contribution in [0.3, 0.4) is 0 Å². The number of para-hydroxylation sites is 1. The molecule has 0 unspecified atom stereocenters. The van der Waals surface area contributed by atoms with Crippen LogP contribution in [0.1, 0.15) is 52.8 Å². The summed E-state index contributed by atoms with van der Waals surface area (Å²) in [5.41, 5.74) is 5.53. The number of aryl methyl sites for hydroxylation is 3. The lowest BCUT2D eigenvalue weighted by molar-refractivity contribution is 0.102. The van der Waals surface area contributed by atoms with E-state index in [0.717, 1.165) is 27.7 Å². The van der Waals surface area contributed by atoms with Crippen LogP contribution in [-0.2, 0) is 0 Å². The number of fused-ring (bicyclic) bond motifs is 1. The van der Waals surface area contributed by atoms with Gasteiger partial charge in [-0.15, -0.1) is 0 Å². The molecule has 0 saturated carbocycles. The Morgan fingerprint density at radius 3 is 2.57 bits per heavy atom. The molecule has 2 aromatic heterocycles. The number of pyridine rings is 1. The lowest BCUT2D eigenvalue weighted by Crippen LogP contribution is -2.15. The molecule has 0 aliphatic rings. The number of carbonyl (C=O) groups is 1. The van der Waals surface area contributed by atoms with Crippen LogP contribution < -0.4 is 5.32 Å². The summed E-state index contributed by atoms with van der Waals surface area (Å²) in [6, 6.07) is 13.5. The minimum Gasteiger partial charge on any atom is -0.334 e. The van der Waals surface area contributed by atoms with Crippen LogP contribution in [0.4, 0.5) is 5.69 Å². The van der Waals surface area contributed by atoms with Crippen LogP contribution >= 0.6 is 0 Å². The van der Waals surface area contributed by atoms with E-state index in [0.29, 0.717) is 28.5 Å². The van der Waals surface area contributed by atoms with Crippen molar-refractivity contribution in [3.8, 4) is 11.5 Å². The standard InChI is InChI=1S/C24H24N4O2/c1-13(2)22-27-24(30-28-22)17-8-6-7-15(4)21(17)26-23(29)19-12-16(5)25-20-10-9-14(3)11-18(19)20/h6-13H,1-5H3,(H,26,29). The third-order valence-corrected chi connectivity index (χ3v) is 5.04. The first-order chi connectivity index (χ1) is 14.3. The second-order valence-corrected chi connectivity index (χ2v) is 7.90. The topological polar surface area (TPSA) is 80.9 Å². The predicted molar refractivity (Wildman–Crippen MR) is 118 cm³/mol. The van der Waals surface area contributed by atoms with Crippen molar-refractivity contribution in [3.05, 3.63) is 70.7 Å². The van der Waals surface area contributed by atoms with Crippen molar-refractivity contribution >= 4 is 22.5 Å². The highest BCUT2D eigenvalue weighted by Gasteiger charge is 2.19. The van der Waals surface area contributed by atoms with Gasteiger partial charge < -0.3 is 9.84 Å². The van der Waals surface area contributed by atoms with Crippen LogP contribution in [0.25, 0.3) is 22.4 Å². The lowest BCUT2D eigenvalue weighted by atomic mass is 10.0. The summed E-state index contributed by atoms with van der Waals surface area (Å²) >= 11 is 0. The molecule has 2 heterocycles. The molecular formula is C24H24N4O2. The Bertz CT molecular complexity index is 1260. The Morgan fingerprint density at radius 2 is 1.83 bits per heavy atom. The van der Waals surface area contributed by atoms with E-state index in [1.807, 2.05) is 77.1 Å². The molecule has 4 rings (SSSR count). The molecule has 0 atom stereocenters. The number of nitrogens with zero attached hydrogens (tertiary/aromatic N) is 3. The maximum Gasteiger partial charge on any atom is 0.260 e. The molecule has 2 aromatic carbocycles. The third-order valence-electron chi connectivity index (χ3n) is 5.04. The van der Waals surface area contributed by atoms with Crippen LogP contribution in [0.5, 0.6) is 0 Å². The van der Waals surface area contributed by atoms with Crippen molar-refractivity contribution in [1.82, 2.24) is 15.1 Å². The van der Waals surface area contributed by atoms with E-state index >= 15 is 0 Å². The Labute approximate surface area is 175 Å². The Balaban J connectivity index is 1.78. The van der Waals surface area contributed by atoms with E-state index < -0.39 is 0 Å². The molecular weight excluding hydrogens is 376 g/mol. The summed E-state index contributed by atoms with van der Waals surface area (Å²) in [7, 11) is 0. The summed E-state index contributed by atoms with van der Waals surface area (Å²) in [6.07, 6.45) is 0. The number of aromatic nitrogens is 3. The van der Waals surface area contributed by atoms with Gasteiger partial charge in [0.05, 0.1) is 22.3 Å². The Kier molecular flexibility index (Phi) is 5.08. The molecule has 1 amide bonds. The van der Waals surface area contributed by atoms with Crippen LogP contribution in [0, 0.1) is 20.8 Å². The van der Waals surface area contributed by atoms with E-state index in [1.54, 1.807) is 0 Å². The van der Waals surface area contributed by atoms with Crippen molar-refractivity contribution in [2.75, 3.05) is 5.32 Å². The van der Waals surface area contributed by atoms with E-state index in [4.69, 9.17) is 4.52 Å². The lowest BCUT2D eigenvalue weighted by Gasteiger charge is -2.13. The number of anilines is 1. The van der Waals surface area contributed by atoms with Crippen molar-refractivity contribution in [2.24, 2.45) is 0 Å². The molecule has 4 aromatic rings. The highest BCUT2D eigenvalue weighted by molar-refractivity contribution is 6.13. The number of nitrogens with one attached hydrogen (secondary N) is 1. The molecule has 30 heavy (non-hydrogen) atoms. The van der Waals surface area contributed by atoms with Gasteiger partial charge in [0, 0.05) is 17.0 Å². The van der Waals surface area contributed by atoms with Gasteiger partial charge in [-0.25, -0.2) is 0 Å². The van der Waals surface area contributed by atoms with Crippen molar-refractivity contribution in [2.45, 2.75) is 40.5 Å². The summed E-state index contributed by atoms with van der Waals surface area (Å²) in [4.78, 5) is 22.4. The van der Waals surface area contributed by atoms with Crippen molar-refractivity contribution in [1.29, 1.82) is 0 Å². The molecule has 6 heteroatoms. The molecule has 0 bridgehead atoms. The van der Waals surface area contributed by atoms with Gasteiger partial charge in [-0.1, -0.05) is 42.8 Å². The normalized spacial score (nSPS) is 11.3. The van der Waals surface area contributed by atoms with Gasteiger partial charge in [0.2, 0.25) is 0 Å². The summed E-state index contributed by atoms with van der Waals surface area (Å²) in [5.74, 6) is 0.981. The fraction of sp³-hybridized carbons (Fsp3) is 0.250. The van der Waals surface area contributed by atoms with Gasteiger partial charge in [0.25, 0.3) is 11.8 Å². The smallest absolute Gasteiger partial charge is 0.260 e. The number of benzene rings is 2. The van der Waals surface area contributed by atoms with Gasteiger partial charge in [-0.05, 0) is 50.6 Å². The van der Waals surface area contributed by atoms with Crippen LogP contribution in [0.2, 0.25) is 0 Å². The van der Waals surface area contributed by atoms with Crippen LogP contribution in [-0.4, -0.2) is 21.0 Å². The molecule has 0 saturated heterocycles. The second kappa shape index (κ2) is 7.71. The Morgan fingerprint density at radius 1 is 1.03 bits per heavy atom. The molecule has 0 radical (unpaired) electrons. The monoisotopic (exact) mass is 400 g/mol. The van der Waals surface area contributed by atoms with Gasteiger partial charge in [0.15, 0.2) is 5.82 Å². The summed E-state index contributed by atoms with van der Waals surface area (Å²) in [6.45, 7) is 9.85. The minimum absolute atomic E-state index is 0.153. The zero-order valence-corrected chi connectivity index (χ0v) is 17.8. The number of carbonyl (C=O) groups excluding carboxylic acids is 1. The van der Waals surface area contributed by atoms with Gasteiger partial charge in [0.1, 0.15) is 0 Å². The minimum atomic E-state index is -0.199. The highest BCUT2D eigenvalue weighted by atomic mass is 16.5. The van der Waals surface area contributed by atoms with E-state index in [9.17, 15) is 4.79 Å². The maximum atomic E-state index is 13.3. The first-order valence-electron chi connectivity index (χ1n) is 9.96. The largest absolute Gasteiger partial charge is 0.334 e. The highest BCUT2D eigenvalue weighted by Crippen LogP contribution is 2.31. The van der Waals surface area contributed by atoms with E-state index in [2.05, 4.69) is 20.4 Å². The average Bonchev–Trinajstić information content (AvgIpc) is 3.19. The zero-order chi connectivity index (χ0) is 21.4. The SMILES string of the molecule is Cc1ccc2nc(C)cc(C(=O)Nc3c(C)cccc3-c3nc(C(C)C)no3)c2c1. The average molecular weight is 400 g/mol. The van der Waals surface area contributed by atoms with E-state index in [-0.39, 0.29) is 11.8 Å². The number of amides is 1. The number of rotatable bonds is 4. The van der Waals surface area contributed by atoms with Crippen molar-refractivity contribution < 1.29 is 9.32 Å². The van der Waals surface area contributed by atoms with Gasteiger partial charge >= 0.3 is 0 Å². The molecule has 0 spiro atoms. The Hall–Kier alpha value is -3.54. The first kappa shape index (κ1) is 19.8. The van der Waals surface area contributed by atoms with Crippen LogP contribution in [0.15, 0.2) is 47.0 Å². The third kappa shape index (κ3) is 3.68. The second-order valence-electron chi connectivity index (χ2n) is 7.90. The summed E-state index contributed by atoms with van der Waals surface area (Å²) in [5, 5.41) is 7.96.